The van der Waals surface area contributed by atoms with E-state index < -0.39 is 0 Å². The molecule has 0 amide bonds. The molecule has 18 heavy (non-hydrogen) atoms. The van der Waals surface area contributed by atoms with E-state index in [1.807, 2.05) is 42.7 Å². The number of nitrogen functional groups attached to an aromatic ring is 1. The molecular formula is C14H14N2OS. The average molecular weight is 258 g/mol. The van der Waals surface area contributed by atoms with Gasteiger partial charge in [-0.3, -0.25) is 5.41 Å². The first-order valence-electron chi connectivity index (χ1n) is 5.46. The van der Waals surface area contributed by atoms with Crippen molar-refractivity contribution >= 4 is 17.6 Å². The van der Waals surface area contributed by atoms with E-state index in [9.17, 15) is 0 Å². The zero-order valence-electron chi connectivity index (χ0n) is 10.0. The minimum Gasteiger partial charge on any atom is -0.457 e. The Labute approximate surface area is 110 Å². The largest absolute Gasteiger partial charge is 0.457 e. The second-order valence-corrected chi connectivity index (χ2v) is 4.57. The molecule has 0 unspecified atom stereocenters. The van der Waals surface area contributed by atoms with Crippen LogP contribution in [0.5, 0.6) is 11.5 Å². The molecule has 0 aliphatic rings. The van der Waals surface area contributed by atoms with Crippen molar-refractivity contribution in [1.29, 1.82) is 5.41 Å². The minimum absolute atomic E-state index is 0.00586. The monoisotopic (exact) mass is 258 g/mol. The molecular weight excluding hydrogens is 244 g/mol. The fourth-order valence-electron chi connectivity index (χ4n) is 1.55. The van der Waals surface area contributed by atoms with Gasteiger partial charge in [0.1, 0.15) is 17.3 Å². The number of nitrogens with two attached hydrogens (primary N) is 1. The van der Waals surface area contributed by atoms with E-state index in [2.05, 4.69) is 0 Å². The lowest BCUT2D eigenvalue weighted by Crippen LogP contribution is -2.12. The average Bonchev–Trinajstić information content (AvgIpc) is 2.40. The van der Waals surface area contributed by atoms with Crippen LogP contribution in [0, 0.1) is 5.41 Å². The Hall–Kier alpha value is -1.94. The molecule has 2 aromatic carbocycles. The normalized spacial score (nSPS) is 10.1. The van der Waals surface area contributed by atoms with Crippen LogP contribution in [0.2, 0.25) is 0 Å². The SMILES string of the molecule is CSc1ccc(Oc2ccccc2C(=N)N)cc1. The molecule has 0 atom stereocenters. The molecule has 2 rings (SSSR count). The molecule has 0 aliphatic heterocycles. The molecule has 0 spiro atoms. The van der Waals surface area contributed by atoms with Crippen LogP contribution < -0.4 is 10.5 Å². The fourth-order valence-corrected chi connectivity index (χ4v) is 1.96. The molecule has 92 valence electrons. The lowest BCUT2D eigenvalue weighted by atomic mass is 10.2. The summed E-state index contributed by atoms with van der Waals surface area (Å²) in [5.74, 6) is 1.34. The Morgan fingerprint density at radius 1 is 1.11 bits per heavy atom. The minimum atomic E-state index is 0.00586. The molecule has 0 bridgehead atoms. The van der Waals surface area contributed by atoms with Gasteiger partial charge < -0.3 is 10.5 Å². The third-order valence-electron chi connectivity index (χ3n) is 2.46. The summed E-state index contributed by atoms with van der Waals surface area (Å²) in [4.78, 5) is 1.18. The number of amidine groups is 1. The Morgan fingerprint density at radius 3 is 2.39 bits per heavy atom. The van der Waals surface area contributed by atoms with Gasteiger partial charge in [-0.15, -0.1) is 11.8 Å². The number of para-hydroxylation sites is 1. The second-order valence-electron chi connectivity index (χ2n) is 3.69. The molecule has 4 heteroatoms. The van der Waals surface area contributed by atoms with Crippen molar-refractivity contribution in [2.24, 2.45) is 5.73 Å². The first kappa shape index (κ1) is 12.5. The number of nitrogens with one attached hydrogen (secondary N) is 1. The Balaban J connectivity index is 2.25. The van der Waals surface area contributed by atoms with Gasteiger partial charge in [-0.1, -0.05) is 12.1 Å². The summed E-state index contributed by atoms with van der Waals surface area (Å²) < 4.78 is 5.74. The zero-order valence-corrected chi connectivity index (χ0v) is 10.8. The topological polar surface area (TPSA) is 59.1 Å². The predicted octanol–water partition coefficient (Wildman–Crippen LogP) is 3.48. The van der Waals surface area contributed by atoms with Crippen LogP contribution in [0.15, 0.2) is 53.4 Å². The number of thioether (sulfide) groups is 1. The predicted molar refractivity (Wildman–Crippen MR) is 75.8 cm³/mol. The van der Waals surface area contributed by atoms with Gasteiger partial charge in [-0.05, 0) is 42.7 Å². The molecule has 0 radical (unpaired) electrons. The number of hydrogen-bond acceptors (Lipinski definition) is 3. The van der Waals surface area contributed by atoms with Gasteiger partial charge in [0.05, 0.1) is 5.56 Å². The van der Waals surface area contributed by atoms with Crippen LogP contribution >= 0.6 is 11.8 Å². The summed E-state index contributed by atoms with van der Waals surface area (Å²) in [6.07, 6.45) is 2.03. The summed E-state index contributed by atoms with van der Waals surface area (Å²) in [6, 6.07) is 15.1. The standard InChI is InChI=1S/C14H14N2OS/c1-18-11-8-6-10(7-9-11)17-13-5-3-2-4-12(13)14(15)16/h2-9H,1H3,(H3,15,16). The Kier molecular flexibility index (Phi) is 3.89. The molecule has 3 N–H and O–H groups in total. The third kappa shape index (κ3) is 2.84. The number of benzene rings is 2. The molecule has 0 saturated carbocycles. The van der Waals surface area contributed by atoms with Gasteiger partial charge in [0.25, 0.3) is 0 Å². The smallest absolute Gasteiger partial charge is 0.138 e. The second kappa shape index (κ2) is 5.60. The summed E-state index contributed by atoms with van der Waals surface area (Å²) in [5, 5.41) is 7.50. The maximum atomic E-state index is 7.50. The number of hydrogen-bond donors (Lipinski definition) is 2. The third-order valence-corrected chi connectivity index (χ3v) is 3.21. The van der Waals surface area contributed by atoms with E-state index in [1.165, 1.54) is 4.90 Å². The van der Waals surface area contributed by atoms with Crippen LogP contribution in [0.3, 0.4) is 0 Å². The van der Waals surface area contributed by atoms with Crippen LogP contribution in [-0.4, -0.2) is 12.1 Å². The molecule has 0 fully saturated rings. The van der Waals surface area contributed by atoms with Gasteiger partial charge in [0, 0.05) is 4.90 Å². The van der Waals surface area contributed by atoms with E-state index in [0.717, 1.165) is 5.75 Å². The van der Waals surface area contributed by atoms with Crippen molar-refractivity contribution in [2.75, 3.05) is 6.26 Å². The van der Waals surface area contributed by atoms with Crippen molar-refractivity contribution in [3.8, 4) is 11.5 Å². The highest BCUT2D eigenvalue weighted by Gasteiger charge is 2.06. The van der Waals surface area contributed by atoms with Crippen molar-refractivity contribution in [3.05, 3.63) is 54.1 Å². The van der Waals surface area contributed by atoms with Crippen LogP contribution in [-0.2, 0) is 0 Å². The molecule has 3 nitrogen and oxygen atoms in total. The first-order chi connectivity index (χ1) is 8.70. The van der Waals surface area contributed by atoms with E-state index in [4.69, 9.17) is 15.9 Å². The highest BCUT2D eigenvalue weighted by atomic mass is 32.2. The number of ether oxygens (including phenoxy) is 1. The van der Waals surface area contributed by atoms with Gasteiger partial charge in [-0.2, -0.15) is 0 Å². The van der Waals surface area contributed by atoms with Gasteiger partial charge in [0.15, 0.2) is 0 Å². The van der Waals surface area contributed by atoms with Crippen molar-refractivity contribution in [3.63, 3.8) is 0 Å². The van der Waals surface area contributed by atoms with Crippen LogP contribution in [0.1, 0.15) is 5.56 Å². The van der Waals surface area contributed by atoms with Crippen LogP contribution in [0.4, 0.5) is 0 Å². The Bertz CT molecular complexity index is 552. The van der Waals surface area contributed by atoms with E-state index >= 15 is 0 Å². The first-order valence-corrected chi connectivity index (χ1v) is 6.68. The van der Waals surface area contributed by atoms with Crippen molar-refractivity contribution < 1.29 is 4.74 Å². The lowest BCUT2D eigenvalue weighted by Gasteiger charge is -2.10. The fraction of sp³-hybridized carbons (Fsp3) is 0.0714. The summed E-state index contributed by atoms with van der Waals surface area (Å²) in [5.41, 5.74) is 6.12. The number of rotatable bonds is 4. The zero-order chi connectivity index (χ0) is 13.0. The highest BCUT2D eigenvalue weighted by Crippen LogP contribution is 2.26. The summed E-state index contributed by atoms with van der Waals surface area (Å²) in [7, 11) is 0. The van der Waals surface area contributed by atoms with Crippen molar-refractivity contribution in [1.82, 2.24) is 0 Å². The van der Waals surface area contributed by atoms with Crippen LogP contribution in [0.25, 0.3) is 0 Å². The summed E-state index contributed by atoms with van der Waals surface area (Å²) >= 11 is 1.68. The maximum Gasteiger partial charge on any atom is 0.138 e. The van der Waals surface area contributed by atoms with E-state index in [-0.39, 0.29) is 5.84 Å². The molecule has 0 heterocycles. The molecule has 2 aromatic rings. The highest BCUT2D eigenvalue weighted by molar-refractivity contribution is 7.98. The lowest BCUT2D eigenvalue weighted by molar-refractivity contribution is 0.481. The Morgan fingerprint density at radius 2 is 1.78 bits per heavy atom. The quantitative estimate of drug-likeness (QED) is 0.501. The van der Waals surface area contributed by atoms with Gasteiger partial charge >= 0.3 is 0 Å². The summed E-state index contributed by atoms with van der Waals surface area (Å²) in [6.45, 7) is 0. The van der Waals surface area contributed by atoms with E-state index in [1.54, 1.807) is 23.9 Å². The van der Waals surface area contributed by atoms with Gasteiger partial charge in [0.2, 0.25) is 0 Å². The molecule has 0 saturated heterocycles. The van der Waals surface area contributed by atoms with E-state index in [0.29, 0.717) is 11.3 Å². The molecule has 0 aliphatic carbocycles. The van der Waals surface area contributed by atoms with Gasteiger partial charge in [-0.25, -0.2) is 0 Å². The molecule has 0 aromatic heterocycles. The maximum absolute atomic E-state index is 7.50. The van der Waals surface area contributed by atoms with Crippen molar-refractivity contribution in [2.45, 2.75) is 4.90 Å².